The summed E-state index contributed by atoms with van der Waals surface area (Å²) in [6.45, 7) is 4.25. The summed E-state index contributed by atoms with van der Waals surface area (Å²) in [6.07, 6.45) is 1.73. The van der Waals surface area contributed by atoms with Crippen LogP contribution in [0.4, 0.5) is 0 Å². The summed E-state index contributed by atoms with van der Waals surface area (Å²) >= 11 is 1.20. The van der Waals surface area contributed by atoms with Crippen LogP contribution in [0.3, 0.4) is 0 Å². The fraction of sp³-hybridized carbons (Fsp3) is 0.143. The highest BCUT2D eigenvalue weighted by Crippen LogP contribution is 2.30. The van der Waals surface area contributed by atoms with Crippen molar-refractivity contribution in [3.8, 4) is 17.1 Å². The zero-order valence-electron chi connectivity index (χ0n) is 15.9. The quantitative estimate of drug-likeness (QED) is 0.455. The molecule has 0 fully saturated rings. The van der Waals surface area contributed by atoms with Gasteiger partial charge in [0, 0.05) is 12.1 Å². The molecule has 3 aromatic rings. The van der Waals surface area contributed by atoms with Crippen molar-refractivity contribution in [2.45, 2.75) is 11.7 Å². The van der Waals surface area contributed by atoms with Gasteiger partial charge in [0.2, 0.25) is 5.91 Å². The Hall–Kier alpha value is -3.39. The minimum atomic E-state index is -0.432. The van der Waals surface area contributed by atoms with Crippen LogP contribution in [0.2, 0.25) is 0 Å². The second-order valence-electron chi connectivity index (χ2n) is 5.94. The minimum Gasteiger partial charge on any atom is -0.496 e. The van der Waals surface area contributed by atoms with Gasteiger partial charge >= 0.3 is 0 Å². The second kappa shape index (κ2) is 9.70. The zero-order valence-corrected chi connectivity index (χ0v) is 16.7. The van der Waals surface area contributed by atoms with Crippen molar-refractivity contribution in [3.05, 3.63) is 72.8 Å². The molecule has 8 heteroatoms. The molecule has 2 aromatic carbocycles. The van der Waals surface area contributed by atoms with Crippen LogP contribution in [0.25, 0.3) is 11.4 Å². The maximum atomic E-state index is 12.2. The Morgan fingerprint density at radius 2 is 1.86 bits per heavy atom. The number of carbonyl (C=O) groups is 2. The third kappa shape index (κ3) is 4.91. The van der Waals surface area contributed by atoms with E-state index < -0.39 is 11.8 Å². The molecular weight excluding hydrogens is 388 g/mol. The molecule has 1 aromatic heterocycles. The van der Waals surface area contributed by atoms with E-state index in [0.717, 1.165) is 5.56 Å². The summed E-state index contributed by atoms with van der Waals surface area (Å²) in [4.78, 5) is 24.3. The summed E-state index contributed by atoms with van der Waals surface area (Å²) < 4.78 is 7.26. The van der Waals surface area contributed by atoms with Crippen LogP contribution in [0, 0.1) is 0 Å². The number of methoxy groups -OCH3 is 1. The predicted octanol–water partition coefficient (Wildman–Crippen LogP) is 3.19. The van der Waals surface area contributed by atoms with E-state index in [4.69, 9.17) is 4.74 Å². The molecule has 0 atom stereocenters. The first-order valence-corrected chi connectivity index (χ1v) is 9.82. The zero-order chi connectivity index (χ0) is 20.6. The van der Waals surface area contributed by atoms with E-state index in [1.54, 1.807) is 43.5 Å². The number of nitrogens with one attached hydrogen (secondary N) is 1. The van der Waals surface area contributed by atoms with E-state index in [9.17, 15) is 9.59 Å². The number of ether oxygens (including phenoxy) is 1. The highest BCUT2D eigenvalue weighted by atomic mass is 32.2. The van der Waals surface area contributed by atoms with Gasteiger partial charge in [0.15, 0.2) is 11.0 Å². The molecule has 7 nitrogen and oxygen atoms in total. The lowest BCUT2D eigenvalue weighted by atomic mass is 10.2. The molecule has 0 bridgehead atoms. The number of aromatic nitrogens is 3. The van der Waals surface area contributed by atoms with Crippen LogP contribution >= 0.6 is 11.8 Å². The number of rotatable bonds is 8. The van der Waals surface area contributed by atoms with E-state index in [-0.39, 0.29) is 5.75 Å². The van der Waals surface area contributed by atoms with Gasteiger partial charge in [-0.3, -0.25) is 19.5 Å². The number of hydrogen-bond donors (Lipinski definition) is 1. The number of allylic oxidation sites excluding steroid dienone is 1. The van der Waals surface area contributed by atoms with Crippen LogP contribution < -0.4 is 10.1 Å². The summed E-state index contributed by atoms with van der Waals surface area (Å²) in [5, 5.41) is 11.4. The number of benzene rings is 2. The van der Waals surface area contributed by atoms with Crippen molar-refractivity contribution in [1.82, 2.24) is 20.1 Å². The molecule has 0 radical (unpaired) electrons. The Labute approximate surface area is 172 Å². The van der Waals surface area contributed by atoms with E-state index in [1.165, 1.54) is 11.8 Å². The van der Waals surface area contributed by atoms with Gasteiger partial charge in [0.25, 0.3) is 5.91 Å². The van der Waals surface area contributed by atoms with Crippen LogP contribution in [0.5, 0.6) is 5.75 Å². The number of nitrogens with zero attached hydrogens (tertiary/aromatic N) is 3. The van der Waals surface area contributed by atoms with Gasteiger partial charge in [-0.15, -0.1) is 16.8 Å². The maximum Gasteiger partial charge on any atom is 0.257 e. The number of carbonyl (C=O) groups excluding carboxylic acids is 2. The lowest BCUT2D eigenvalue weighted by Crippen LogP contribution is -2.31. The summed E-state index contributed by atoms with van der Waals surface area (Å²) in [6, 6.07) is 16.1. The Morgan fingerprint density at radius 1 is 1.14 bits per heavy atom. The lowest BCUT2D eigenvalue weighted by molar-refractivity contribution is -0.117. The van der Waals surface area contributed by atoms with Crippen LogP contribution in [-0.4, -0.2) is 39.4 Å². The van der Waals surface area contributed by atoms with Crippen LogP contribution in [-0.2, 0) is 11.3 Å². The van der Waals surface area contributed by atoms with Crippen molar-refractivity contribution in [1.29, 1.82) is 0 Å². The molecule has 0 saturated heterocycles. The molecule has 0 spiro atoms. The van der Waals surface area contributed by atoms with Crippen molar-refractivity contribution < 1.29 is 14.3 Å². The fourth-order valence-corrected chi connectivity index (χ4v) is 3.42. The topological polar surface area (TPSA) is 86.1 Å². The minimum absolute atomic E-state index is 0.0276. The smallest absolute Gasteiger partial charge is 0.257 e. The number of hydrogen-bond acceptors (Lipinski definition) is 6. The molecule has 0 aliphatic rings. The average Bonchev–Trinajstić information content (AvgIpc) is 3.15. The summed E-state index contributed by atoms with van der Waals surface area (Å²) in [7, 11) is 1.59. The molecule has 29 heavy (non-hydrogen) atoms. The molecule has 0 unspecified atom stereocenters. The average molecular weight is 408 g/mol. The van der Waals surface area contributed by atoms with Gasteiger partial charge in [0.1, 0.15) is 5.75 Å². The molecule has 1 N–H and O–H groups in total. The third-order valence-corrected chi connectivity index (χ3v) is 4.96. The number of amides is 2. The second-order valence-corrected chi connectivity index (χ2v) is 6.88. The van der Waals surface area contributed by atoms with E-state index in [0.29, 0.717) is 28.8 Å². The van der Waals surface area contributed by atoms with Gasteiger partial charge in [-0.05, 0) is 24.3 Å². The molecule has 1 heterocycles. The molecule has 2 amide bonds. The van der Waals surface area contributed by atoms with E-state index in [2.05, 4.69) is 22.1 Å². The highest BCUT2D eigenvalue weighted by Gasteiger charge is 2.18. The Morgan fingerprint density at radius 3 is 2.59 bits per heavy atom. The van der Waals surface area contributed by atoms with Crippen LogP contribution in [0.15, 0.2) is 72.4 Å². The normalized spacial score (nSPS) is 10.4. The van der Waals surface area contributed by atoms with Gasteiger partial charge in [-0.25, -0.2) is 0 Å². The maximum absolute atomic E-state index is 12.2. The standard InChI is InChI=1S/C21H20N4O3S/c1-3-13-25-19(16-11-7-8-12-17(16)28-2)23-24-21(25)29-14-18(26)22-20(27)15-9-5-4-6-10-15/h3-12H,1,13-14H2,2H3,(H,22,26,27). The highest BCUT2D eigenvalue weighted by molar-refractivity contribution is 7.99. The van der Waals surface area contributed by atoms with Crippen molar-refractivity contribution >= 4 is 23.6 Å². The van der Waals surface area contributed by atoms with E-state index >= 15 is 0 Å². The van der Waals surface area contributed by atoms with E-state index in [1.807, 2.05) is 28.8 Å². The van der Waals surface area contributed by atoms with Crippen molar-refractivity contribution in [3.63, 3.8) is 0 Å². The molecule has 0 aliphatic carbocycles. The Kier molecular flexibility index (Phi) is 6.80. The first-order chi connectivity index (χ1) is 14.1. The van der Waals surface area contributed by atoms with Gasteiger partial charge in [-0.2, -0.15) is 0 Å². The largest absolute Gasteiger partial charge is 0.496 e. The van der Waals surface area contributed by atoms with Crippen molar-refractivity contribution in [2.75, 3.05) is 12.9 Å². The van der Waals surface area contributed by atoms with Gasteiger partial charge in [-0.1, -0.05) is 48.2 Å². The molecule has 148 valence electrons. The number of para-hydroxylation sites is 1. The first kappa shape index (κ1) is 20.3. The molecule has 0 saturated carbocycles. The first-order valence-electron chi connectivity index (χ1n) is 8.83. The Bertz CT molecular complexity index is 1020. The molecular formula is C21H20N4O3S. The third-order valence-electron chi connectivity index (χ3n) is 4.00. The number of imide groups is 1. The summed E-state index contributed by atoms with van der Waals surface area (Å²) in [5.74, 6) is 0.479. The predicted molar refractivity (Wildman–Crippen MR) is 112 cm³/mol. The monoisotopic (exact) mass is 408 g/mol. The van der Waals surface area contributed by atoms with Crippen LogP contribution in [0.1, 0.15) is 10.4 Å². The van der Waals surface area contributed by atoms with Crippen molar-refractivity contribution in [2.24, 2.45) is 0 Å². The molecule has 0 aliphatic heterocycles. The van der Waals surface area contributed by atoms with Gasteiger partial charge < -0.3 is 4.74 Å². The molecule has 3 rings (SSSR count). The SMILES string of the molecule is C=CCn1c(SCC(=O)NC(=O)c2ccccc2)nnc1-c1ccccc1OC. The fourth-order valence-electron chi connectivity index (χ4n) is 2.67. The van der Waals surface area contributed by atoms with Gasteiger partial charge in [0.05, 0.1) is 18.4 Å². The summed E-state index contributed by atoms with van der Waals surface area (Å²) in [5.41, 5.74) is 1.22. The Balaban J connectivity index is 1.73. The number of thioether (sulfide) groups is 1. The lowest BCUT2D eigenvalue weighted by Gasteiger charge is -2.10.